The second-order valence-electron chi connectivity index (χ2n) is 9.77. The molecule has 7 nitrogen and oxygen atoms in total. The molecule has 5 aromatic rings. The van der Waals surface area contributed by atoms with Crippen LogP contribution in [0.1, 0.15) is 18.9 Å². The van der Waals surface area contributed by atoms with Crippen LogP contribution in [-0.2, 0) is 11.3 Å². The number of nitrogens with zero attached hydrogens (tertiary/aromatic N) is 6. The van der Waals surface area contributed by atoms with Crippen LogP contribution in [0.5, 0.6) is 0 Å². The first-order chi connectivity index (χ1) is 19.5. The maximum Gasteiger partial charge on any atom is 0.236 e. The van der Waals surface area contributed by atoms with Gasteiger partial charge in [0, 0.05) is 42.6 Å². The van der Waals surface area contributed by atoms with E-state index >= 15 is 0 Å². The van der Waals surface area contributed by atoms with Crippen molar-refractivity contribution < 1.29 is 9.18 Å². The van der Waals surface area contributed by atoms with Crippen molar-refractivity contribution in [1.29, 1.82) is 0 Å². The Hall–Kier alpha value is -3.50. The molecular weight excluding hydrogens is 591 g/mol. The predicted octanol–water partition coefficient (Wildman–Crippen LogP) is 6.15. The maximum absolute atomic E-state index is 14.3. The van der Waals surface area contributed by atoms with Gasteiger partial charge in [0.1, 0.15) is 11.3 Å². The fourth-order valence-electron chi connectivity index (χ4n) is 5.19. The Bertz CT molecular complexity index is 1670. The summed E-state index contributed by atoms with van der Waals surface area (Å²) in [6, 6.07) is 23.2. The van der Waals surface area contributed by atoms with Crippen molar-refractivity contribution in [1.82, 2.24) is 24.6 Å². The number of thioether (sulfide) groups is 1. The molecular formula is C30H28BrFN6OS. The number of halogens is 2. The Kier molecular flexibility index (Phi) is 7.71. The molecule has 1 aliphatic heterocycles. The topological polar surface area (TPSA) is 67.2 Å². The highest BCUT2D eigenvalue weighted by atomic mass is 79.9. The molecule has 1 fully saturated rings. The minimum Gasteiger partial charge on any atom is -0.366 e. The van der Waals surface area contributed by atoms with Crippen LogP contribution >= 0.6 is 27.7 Å². The van der Waals surface area contributed by atoms with Gasteiger partial charge in [0.2, 0.25) is 11.1 Å². The number of carbonyl (C=O) groups excluding carboxylic acids is 1. The summed E-state index contributed by atoms with van der Waals surface area (Å²) in [5.41, 5.74) is 4.28. The number of hydrogen-bond acceptors (Lipinski definition) is 6. The number of rotatable bonds is 7. The molecule has 10 heteroatoms. The van der Waals surface area contributed by atoms with Crippen LogP contribution in [-0.4, -0.2) is 62.0 Å². The molecule has 3 aromatic carbocycles. The quantitative estimate of drug-likeness (QED) is 0.204. The van der Waals surface area contributed by atoms with Crippen molar-refractivity contribution in [2.24, 2.45) is 0 Å². The van der Waals surface area contributed by atoms with E-state index in [1.807, 2.05) is 53.1 Å². The number of amides is 1. The summed E-state index contributed by atoms with van der Waals surface area (Å²) < 4.78 is 17.4. The zero-order chi connectivity index (χ0) is 27.6. The molecule has 204 valence electrons. The summed E-state index contributed by atoms with van der Waals surface area (Å²) in [6.07, 6.45) is 0.639. The summed E-state index contributed by atoms with van der Waals surface area (Å²) in [5.74, 6) is -0.179. The van der Waals surface area contributed by atoms with Gasteiger partial charge in [-0.05, 0) is 42.3 Å². The molecule has 1 aliphatic rings. The van der Waals surface area contributed by atoms with Crippen LogP contribution in [0, 0.1) is 5.82 Å². The van der Waals surface area contributed by atoms with Gasteiger partial charge in [0.05, 0.1) is 16.5 Å². The first-order valence-electron chi connectivity index (χ1n) is 13.3. The summed E-state index contributed by atoms with van der Waals surface area (Å²) in [6.45, 7) is 4.92. The number of aromatic nitrogens is 4. The van der Waals surface area contributed by atoms with E-state index in [4.69, 9.17) is 4.98 Å². The van der Waals surface area contributed by atoms with Gasteiger partial charge >= 0.3 is 0 Å². The van der Waals surface area contributed by atoms with Crippen molar-refractivity contribution in [3.63, 3.8) is 0 Å². The van der Waals surface area contributed by atoms with Crippen LogP contribution in [0.2, 0.25) is 0 Å². The van der Waals surface area contributed by atoms with Crippen LogP contribution in [0.4, 0.5) is 10.1 Å². The largest absolute Gasteiger partial charge is 0.366 e. The molecule has 40 heavy (non-hydrogen) atoms. The maximum atomic E-state index is 14.3. The molecule has 1 amide bonds. The number of anilines is 1. The van der Waals surface area contributed by atoms with Gasteiger partial charge in [-0.15, -0.1) is 10.2 Å². The molecule has 1 atom stereocenters. The van der Waals surface area contributed by atoms with Gasteiger partial charge in [-0.25, -0.2) is 9.37 Å². The normalized spacial score (nSPS) is 14.7. The van der Waals surface area contributed by atoms with Gasteiger partial charge < -0.3 is 14.4 Å². The molecule has 0 spiro atoms. The molecule has 1 unspecified atom stereocenters. The lowest BCUT2D eigenvalue weighted by Crippen LogP contribution is -2.51. The van der Waals surface area contributed by atoms with Crippen molar-refractivity contribution >= 4 is 61.4 Å². The Labute approximate surface area is 244 Å². The van der Waals surface area contributed by atoms with Gasteiger partial charge in [-0.3, -0.25) is 4.79 Å². The fraction of sp³-hybridized carbons (Fsp3) is 0.267. The first-order valence-corrected chi connectivity index (χ1v) is 15.0. The molecule has 0 radical (unpaired) electrons. The second kappa shape index (κ2) is 11.5. The van der Waals surface area contributed by atoms with Gasteiger partial charge in [0.25, 0.3) is 0 Å². The molecule has 0 saturated carbocycles. The zero-order valence-electron chi connectivity index (χ0n) is 22.0. The van der Waals surface area contributed by atoms with E-state index in [0.717, 1.165) is 32.1 Å². The van der Waals surface area contributed by atoms with E-state index in [0.29, 0.717) is 50.0 Å². The fourth-order valence-corrected chi connectivity index (χ4v) is 6.35. The molecule has 1 saturated heterocycles. The summed E-state index contributed by atoms with van der Waals surface area (Å²) in [5, 5.41) is 10.2. The monoisotopic (exact) mass is 618 g/mol. The van der Waals surface area contributed by atoms with Gasteiger partial charge in [0.15, 0.2) is 5.65 Å². The highest BCUT2D eigenvalue weighted by Gasteiger charge is 2.29. The molecule has 2 aromatic heterocycles. The van der Waals surface area contributed by atoms with Crippen molar-refractivity contribution in [3.05, 3.63) is 88.6 Å². The molecule has 0 N–H and O–H groups in total. The predicted molar refractivity (Wildman–Crippen MR) is 161 cm³/mol. The average molecular weight is 620 g/mol. The van der Waals surface area contributed by atoms with Gasteiger partial charge in [-0.2, -0.15) is 0 Å². The van der Waals surface area contributed by atoms with Crippen molar-refractivity contribution in [3.8, 4) is 0 Å². The van der Waals surface area contributed by atoms with Crippen LogP contribution in [0.15, 0.2) is 82.4 Å². The number of fused-ring (bicyclic) bond motifs is 3. The molecule has 0 aliphatic carbocycles. The summed E-state index contributed by atoms with van der Waals surface area (Å²) in [4.78, 5) is 22.3. The Morgan fingerprint density at radius 1 is 0.975 bits per heavy atom. The second-order valence-corrected chi connectivity index (χ2v) is 11.9. The third-order valence-corrected chi connectivity index (χ3v) is 9.02. The number of carbonyl (C=O) groups is 1. The number of benzene rings is 3. The minimum absolute atomic E-state index is 0.0554. The average Bonchev–Trinajstić information content (AvgIpc) is 3.29. The molecule has 3 heterocycles. The van der Waals surface area contributed by atoms with Crippen molar-refractivity contribution in [2.45, 2.75) is 30.3 Å². The van der Waals surface area contributed by atoms with Crippen LogP contribution in [0.25, 0.3) is 22.1 Å². The lowest BCUT2D eigenvalue weighted by atomic mass is 10.2. The number of hydrogen-bond donors (Lipinski definition) is 0. The van der Waals surface area contributed by atoms with E-state index in [1.165, 1.54) is 17.8 Å². The van der Waals surface area contributed by atoms with E-state index < -0.39 is 0 Å². The minimum atomic E-state index is -0.330. The lowest BCUT2D eigenvalue weighted by Gasteiger charge is -2.37. The third-order valence-electron chi connectivity index (χ3n) is 7.29. The van der Waals surface area contributed by atoms with Crippen LogP contribution < -0.4 is 4.90 Å². The van der Waals surface area contributed by atoms with Gasteiger partial charge in [-0.1, -0.05) is 77.1 Å². The Balaban J connectivity index is 1.22. The van der Waals surface area contributed by atoms with E-state index in [9.17, 15) is 9.18 Å². The molecule has 0 bridgehead atoms. The summed E-state index contributed by atoms with van der Waals surface area (Å²) in [7, 11) is 0. The highest BCUT2D eigenvalue weighted by molar-refractivity contribution is 9.10. The van der Waals surface area contributed by atoms with E-state index in [-0.39, 0.29) is 17.0 Å². The number of para-hydroxylation sites is 2. The lowest BCUT2D eigenvalue weighted by molar-refractivity contribution is -0.130. The molecule has 6 rings (SSSR count). The third kappa shape index (κ3) is 5.30. The highest BCUT2D eigenvalue weighted by Crippen LogP contribution is 2.30. The SMILES string of the molecule is CCC(Sc1nnc2c3ccccc3n(Cc3ccc(Br)cc3)c2n1)C(=O)N1CCN(c2ccccc2F)CC1. The van der Waals surface area contributed by atoms with E-state index in [2.05, 4.69) is 48.9 Å². The smallest absolute Gasteiger partial charge is 0.236 e. The zero-order valence-corrected chi connectivity index (χ0v) is 24.4. The Morgan fingerprint density at radius 3 is 2.45 bits per heavy atom. The Morgan fingerprint density at radius 2 is 1.70 bits per heavy atom. The standard InChI is InChI=1S/C30H28BrFN6OS/c1-2-26(29(39)37-17-15-36(16-18-37)25-10-6-4-8-23(25)32)40-30-33-28-27(34-35-30)22-7-3-5-9-24(22)38(28)19-20-11-13-21(31)14-12-20/h3-14,26H,2,15-19H2,1H3. The number of piperazine rings is 1. The van der Waals surface area contributed by atoms with Crippen molar-refractivity contribution in [2.75, 3.05) is 31.1 Å². The summed E-state index contributed by atoms with van der Waals surface area (Å²) >= 11 is 4.87. The first kappa shape index (κ1) is 26.7. The van der Waals surface area contributed by atoms with E-state index in [1.54, 1.807) is 12.1 Å². The van der Waals surface area contributed by atoms with Crippen LogP contribution in [0.3, 0.4) is 0 Å².